The standard InChI is InChI=1S/C6H14O.C4H8O2.CH2Cl2.CH4O/c1-5(2)7-6(3)4;1-3-6-4(2)5;2-1-3;1-2/h5-6H,1-4H3;3H2,1-2H3;1H2;2H,1H3. The molecule has 0 aliphatic heterocycles. The first-order valence-corrected chi connectivity index (χ1v) is 6.74. The summed E-state index contributed by atoms with van der Waals surface area (Å²) in [4.78, 5) is 9.82. The van der Waals surface area contributed by atoms with Crippen molar-refractivity contribution in [2.75, 3.05) is 19.1 Å². The molecule has 0 saturated carbocycles. The molecule has 0 saturated heterocycles. The van der Waals surface area contributed by atoms with Gasteiger partial charge in [0.15, 0.2) is 0 Å². The van der Waals surface area contributed by atoms with E-state index in [1.54, 1.807) is 6.92 Å². The van der Waals surface area contributed by atoms with Gasteiger partial charge >= 0.3 is 5.97 Å². The molecule has 0 aromatic heterocycles. The molecule has 6 heteroatoms. The molecular weight excluding hydrogens is 279 g/mol. The van der Waals surface area contributed by atoms with Crippen molar-refractivity contribution in [1.29, 1.82) is 0 Å². The smallest absolute Gasteiger partial charge is 0.302 e. The fraction of sp³-hybridized carbons (Fsp3) is 0.917. The molecule has 1 N–H and O–H groups in total. The lowest BCUT2D eigenvalue weighted by Crippen LogP contribution is -2.09. The van der Waals surface area contributed by atoms with Crippen LogP contribution in [0.25, 0.3) is 0 Å². The molecule has 0 radical (unpaired) electrons. The SMILES string of the molecule is CC(C)OC(C)C.CCOC(C)=O.CO.ClCCl. The van der Waals surface area contributed by atoms with Crippen molar-refractivity contribution in [3.05, 3.63) is 0 Å². The summed E-state index contributed by atoms with van der Waals surface area (Å²) in [5, 5.41) is 7.19. The van der Waals surface area contributed by atoms with Crippen LogP contribution in [0.15, 0.2) is 0 Å². The highest BCUT2D eigenvalue weighted by molar-refractivity contribution is 6.40. The number of aliphatic hydroxyl groups is 1. The molecule has 0 bridgehead atoms. The second kappa shape index (κ2) is 25.7. The van der Waals surface area contributed by atoms with E-state index in [9.17, 15) is 4.79 Å². The predicted molar refractivity (Wildman–Crippen MR) is 78.4 cm³/mol. The lowest BCUT2D eigenvalue weighted by molar-refractivity contribution is -0.140. The van der Waals surface area contributed by atoms with Gasteiger partial charge in [0.25, 0.3) is 0 Å². The first-order chi connectivity index (χ1) is 8.31. The van der Waals surface area contributed by atoms with Crippen molar-refractivity contribution >= 4 is 29.2 Å². The predicted octanol–water partition coefficient (Wildman–Crippen LogP) is 3.42. The van der Waals surface area contributed by atoms with Crippen LogP contribution in [0.1, 0.15) is 41.5 Å². The molecule has 0 aromatic rings. The van der Waals surface area contributed by atoms with Crippen LogP contribution in [-0.4, -0.2) is 42.3 Å². The number of hydrogen-bond donors (Lipinski definition) is 1. The molecule has 0 heterocycles. The van der Waals surface area contributed by atoms with E-state index in [1.807, 2.05) is 27.7 Å². The Morgan fingerprint density at radius 2 is 1.39 bits per heavy atom. The molecule has 0 aliphatic rings. The highest BCUT2D eigenvalue weighted by Gasteiger charge is 1.94. The third-order valence-electron chi connectivity index (χ3n) is 0.892. The van der Waals surface area contributed by atoms with Gasteiger partial charge in [0.1, 0.15) is 0 Å². The Morgan fingerprint density at radius 1 is 1.11 bits per heavy atom. The fourth-order valence-electron chi connectivity index (χ4n) is 0.748. The van der Waals surface area contributed by atoms with Gasteiger partial charge in [-0.05, 0) is 34.6 Å². The molecular formula is C12H28Cl2O4. The minimum absolute atomic E-state index is 0.194. The molecule has 0 amide bonds. The van der Waals surface area contributed by atoms with E-state index in [0.29, 0.717) is 18.8 Å². The molecule has 0 aromatic carbocycles. The third kappa shape index (κ3) is 73.7. The van der Waals surface area contributed by atoms with E-state index in [1.165, 1.54) is 6.92 Å². The van der Waals surface area contributed by atoms with Gasteiger partial charge in [-0.2, -0.15) is 0 Å². The molecule has 18 heavy (non-hydrogen) atoms. The number of carbonyl (C=O) groups excluding carboxylic acids is 1. The zero-order valence-electron chi connectivity index (χ0n) is 12.5. The molecule has 0 rings (SSSR count). The van der Waals surface area contributed by atoms with E-state index >= 15 is 0 Å². The van der Waals surface area contributed by atoms with Crippen molar-refractivity contribution in [2.24, 2.45) is 0 Å². The number of aliphatic hydroxyl groups excluding tert-OH is 1. The van der Waals surface area contributed by atoms with E-state index in [0.717, 1.165) is 7.11 Å². The fourth-order valence-corrected chi connectivity index (χ4v) is 0.748. The number of rotatable bonds is 3. The average Bonchev–Trinajstić information content (AvgIpc) is 2.20. The monoisotopic (exact) mass is 306 g/mol. The van der Waals surface area contributed by atoms with Crippen LogP contribution < -0.4 is 0 Å². The van der Waals surface area contributed by atoms with Crippen LogP contribution in [0.2, 0.25) is 0 Å². The van der Waals surface area contributed by atoms with Crippen LogP contribution >= 0.6 is 23.2 Å². The summed E-state index contributed by atoms with van der Waals surface area (Å²) >= 11 is 9.53. The average molecular weight is 307 g/mol. The van der Waals surface area contributed by atoms with Gasteiger partial charge < -0.3 is 14.6 Å². The summed E-state index contributed by atoms with van der Waals surface area (Å²) in [5.41, 5.74) is 0. The number of halogens is 2. The lowest BCUT2D eigenvalue weighted by Gasteiger charge is -2.09. The highest BCUT2D eigenvalue weighted by Crippen LogP contribution is 1.93. The zero-order chi connectivity index (χ0) is 15.6. The van der Waals surface area contributed by atoms with E-state index < -0.39 is 0 Å². The molecule has 114 valence electrons. The zero-order valence-corrected chi connectivity index (χ0v) is 14.0. The van der Waals surface area contributed by atoms with Crippen molar-refractivity contribution in [3.8, 4) is 0 Å². The summed E-state index contributed by atoms with van der Waals surface area (Å²) in [6.07, 6.45) is 0.750. The Balaban J connectivity index is -0.0000000811. The van der Waals surface area contributed by atoms with Crippen LogP contribution in [0, 0.1) is 0 Å². The lowest BCUT2D eigenvalue weighted by atomic mass is 10.4. The van der Waals surface area contributed by atoms with Gasteiger partial charge in [-0.3, -0.25) is 4.79 Å². The molecule has 0 atom stereocenters. The topological polar surface area (TPSA) is 55.8 Å². The molecule has 4 nitrogen and oxygen atoms in total. The summed E-state index contributed by atoms with van der Waals surface area (Å²) < 4.78 is 9.65. The van der Waals surface area contributed by atoms with Gasteiger partial charge in [0.05, 0.1) is 24.2 Å². The van der Waals surface area contributed by atoms with Gasteiger partial charge in [-0.25, -0.2) is 0 Å². The van der Waals surface area contributed by atoms with Gasteiger partial charge in [0, 0.05) is 14.0 Å². The molecule has 0 aliphatic carbocycles. The Labute approximate surface area is 122 Å². The van der Waals surface area contributed by atoms with Crippen LogP contribution in [0.4, 0.5) is 0 Å². The number of hydrogen-bond acceptors (Lipinski definition) is 4. The second-order valence-corrected chi connectivity index (χ2v) is 4.07. The summed E-state index contributed by atoms with van der Waals surface area (Å²) in [7, 11) is 1.00. The van der Waals surface area contributed by atoms with Crippen LogP contribution in [-0.2, 0) is 14.3 Å². The molecule has 0 spiro atoms. The maximum atomic E-state index is 9.82. The Kier molecular flexibility index (Phi) is 37.9. The van der Waals surface area contributed by atoms with Crippen molar-refractivity contribution in [2.45, 2.75) is 53.8 Å². The maximum absolute atomic E-state index is 9.82. The number of carbonyl (C=O) groups is 1. The highest BCUT2D eigenvalue weighted by atomic mass is 35.5. The van der Waals surface area contributed by atoms with Crippen molar-refractivity contribution in [1.82, 2.24) is 0 Å². The maximum Gasteiger partial charge on any atom is 0.302 e. The largest absolute Gasteiger partial charge is 0.466 e. The molecule has 0 fully saturated rings. The summed E-state index contributed by atoms with van der Waals surface area (Å²) in [6.45, 7) is 11.8. The minimum atomic E-state index is -0.211. The third-order valence-corrected chi connectivity index (χ3v) is 0.892. The van der Waals surface area contributed by atoms with Gasteiger partial charge in [-0.15, -0.1) is 23.2 Å². The molecule has 0 unspecified atom stereocenters. The normalized spacial score (nSPS) is 8.22. The Bertz CT molecular complexity index is 136. The second-order valence-electron chi connectivity index (χ2n) is 3.26. The quantitative estimate of drug-likeness (QED) is 0.641. The Hall–Kier alpha value is -0.0300. The first-order valence-electron chi connectivity index (χ1n) is 5.67. The number of ether oxygens (including phenoxy) is 2. The van der Waals surface area contributed by atoms with E-state index in [2.05, 4.69) is 4.74 Å². The van der Waals surface area contributed by atoms with E-state index in [4.69, 9.17) is 33.0 Å². The van der Waals surface area contributed by atoms with Gasteiger partial charge in [0.2, 0.25) is 0 Å². The number of esters is 1. The van der Waals surface area contributed by atoms with Gasteiger partial charge in [-0.1, -0.05) is 0 Å². The number of alkyl halides is 2. The van der Waals surface area contributed by atoms with Crippen molar-refractivity contribution < 1.29 is 19.4 Å². The summed E-state index contributed by atoms with van der Waals surface area (Å²) in [6, 6.07) is 0. The summed E-state index contributed by atoms with van der Waals surface area (Å²) in [5.74, 6) is -0.211. The first kappa shape index (κ1) is 26.5. The van der Waals surface area contributed by atoms with Crippen LogP contribution in [0.5, 0.6) is 0 Å². The Morgan fingerprint density at radius 3 is 1.39 bits per heavy atom. The minimum Gasteiger partial charge on any atom is -0.466 e. The van der Waals surface area contributed by atoms with Crippen molar-refractivity contribution in [3.63, 3.8) is 0 Å². The van der Waals surface area contributed by atoms with Crippen LogP contribution in [0.3, 0.4) is 0 Å². The van der Waals surface area contributed by atoms with E-state index in [-0.39, 0.29) is 11.3 Å².